The van der Waals surface area contributed by atoms with Gasteiger partial charge in [-0.2, -0.15) is 0 Å². The largest absolute Gasteiger partial charge is 0.497 e. The number of halogens is 1. The lowest BCUT2D eigenvalue weighted by atomic mass is 10.1. The Morgan fingerprint density at radius 1 is 1.19 bits per heavy atom. The summed E-state index contributed by atoms with van der Waals surface area (Å²) in [6.07, 6.45) is 1.85. The van der Waals surface area contributed by atoms with Gasteiger partial charge >= 0.3 is 0 Å². The summed E-state index contributed by atoms with van der Waals surface area (Å²) in [6.45, 7) is 0.562. The molecule has 3 aromatic rings. The van der Waals surface area contributed by atoms with E-state index in [1.54, 1.807) is 7.11 Å². The van der Waals surface area contributed by atoms with Crippen molar-refractivity contribution in [3.63, 3.8) is 0 Å². The van der Waals surface area contributed by atoms with Gasteiger partial charge in [-0.25, -0.2) is 4.98 Å². The number of nitrogens with one attached hydrogen (secondary N) is 1. The van der Waals surface area contributed by atoms with Crippen LogP contribution in [0, 0.1) is 0 Å². The molecule has 0 radical (unpaired) electrons. The average molecular weight is 372 g/mol. The molecule has 0 unspecified atom stereocenters. The molecular formula is C20H22ClN3O2. The number of fused-ring (bicyclic) bond motifs is 1. The van der Waals surface area contributed by atoms with Crippen molar-refractivity contribution in [1.82, 2.24) is 14.9 Å². The maximum atomic E-state index is 12.1. The normalized spacial score (nSPS) is 10.9. The van der Waals surface area contributed by atoms with Gasteiger partial charge in [-0.05, 0) is 42.3 Å². The van der Waals surface area contributed by atoms with E-state index in [-0.39, 0.29) is 5.91 Å². The molecule has 0 aliphatic heterocycles. The lowest BCUT2D eigenvalue weighted by molar-refractivity contribution is -0.121. The molecule has 0 atom stereocenters. The molecule has 0 spiro atoms. The van der Waals surface area contributed by atoms with E-state index >= 15 is 0 Å². The van der Waals surface area contributed by atoms with Crippen molar-refractivity contribution >= 4 is 28.5 Å². The fraction of sp³-hybridized carbons (Fsp3) is 0.300. The minimum Gasteiger partial charge on any atom is -0.497 e. The van der Waals surface area contributed by atoms with Crippen LogP contribution in [0.3, 0.4) is 0 Å². The van der Waals surface area contributed by atoms with Crippen LogP contribution in [0.1, 0.15) is 17.8 Å². The van der Waals surface area contributed by atoms with Crippen molar-refractivity contribution in [2.45, 2.75) is 19.3 Å². The monoisotopic (exact) mass is 371 g/mol. The molecular weight excluding hydrogens is 350 g/mol. The van der Waals surface area contributed by atoms with E-state index in [0.717, 1.165) is 28.2 Å². The van der Waals surface area contributed by atoms with Gasteiger partial charge in [-0.15, -0.1) is 0 Å². The Balaban J connectivity index is 1.48. The van der Waals surface area contributed by atoms with Gasteiger partial charge < -0.3 is 14.6 Å². The molecule has 136 valence electrons. The highest BCUT2D eigenvalue weighted by Gasteiger charge is 2.09. The molecule has 2 aromatic carbocycles. The van der Waals surface area contributed by atoms with Gasteiger partial charge in [-0.3, -0.25) is 4.79 Å². The van der Waals surface area contributed by atoms with E-state index in [4.69, 9.17) is 16.3 Å². The zero-order valence-corrected chi connectivity index (χ0v) is 15.7. The van der Waals surface area contributed by atoms with Crippen LogP contribution < -0.4 is 10.1 Å². The van der Waals surface area contributed by atoms with Crippen LogP contribution in [0.15, 0.2) is 42.5 Å². The number of nitrogens with zero attached hydrogens (tertiary/aromatic N) is 2. The van der Waals surface area contributed by atoms with Gasteiger partial charge in [0.2, 0.25) is 5.91 Å². The number of imidazole rings is 1. The third-order valence-corrected chi connectivity index (χ3v) is 4.64. The number of benzene rings is 2. The van der Waals surface area contributed by atoms with Gasteiger partial charge in [0, 0.05) is 31.5 Å². The maximum absolute atomic E-state index is 12.1. The number of carbonyl (C=O) groups is 1. The Morgan fingerprint density at radius 2 is 1.96 bits per heavy atom. The highest BCUT2D eigenvalue weighted by Crippen LogP contribution is 2.19. The molecule has 5 nitrogen and oxygen atoms in total. The Labute approximate surface area is 157 Å². The zero-order chi connectivity index (χ0) is 18.5. The molecule has 3 rings (SSSR count). The lowest BCUT2D eigenvalue weighted by Gasteiger charge is -2.06. The summed E-state index contributed by atoms with van der Waals surface area (Å²) in [4.78, 5) is 16.6. The van der Waals surface area contributed by atoms with Gasteiger partial charge in [0.1, 0.15) is 11.6 Å². The van der Waals surface area contributed by atoms with Crippen molar-refractivity contribution in [1.29, 1.82) is 0 Å². The third-order valence-electron chi connectivity index (χ3n) is 4.41. The lowest BCUT2D eigenvalue weighted by Crippen LogP contribution is -2.26. The number of aromatic nitrogens is 2. The average Bonchev–Trinajstić information content (AvgIpc) is 2.95. The van der Waals surface area contributed by atoms with Crippen molar-refractivity contribution in [3.05, 3.63) is 58.9 Å². The molecule has 6 heteroatoms. The van der Waals surface area contributed by atoms with Crippen molar-refractivity contribution in [2.75, 3.05) is 13.7 Å². The molecule has 0 bridgehead atoms. The highest BCUT2D eigenvalue weighted by atomic mass is 35.5. The van der Waals surface area contributed by atoms with E-state index in [9.17, 15) is 4.79 Å². The summed E-state index contributed by atoms with van der Waals surface area (Å²) in [5.41, 5.74) is 3.03. The minimum absolute atomic E-state index is 0.0441. The van der Waals surface area contributed by atoms with E-state index in [2.05, 4.69) is 10.3 Å². The van der Waals surface area contributed by atoms with Crippen LogP contribution in [-0.2, 0) is 24.7 Å². The molecule has 0 fully saturated rings. The first-order valence-corrected chi connectivity index (χ1v) is 8.95. The number of carbonyl (C=O) groups excluding carboxylic acids is 1. The summed E-state index contributed by atoms with van der Waals surface area (Å²) >= 11 is 6.02. The number of amides is 1. The SMILES string of the molecule is COc1ccc(CCC(=O)NCCc2nc3cc(Cl)ccc3n2C)cc1. The molecule has 1 aromatic heterocycles. The Morgan fingerprint density at radius 3 is 2.69 bits per heavy atom. The van der Waals surface area contributed by atoms with E-state index < -0.39 is 0 Å². The van der Waals surface area contributed by atoms with Crippen LogP contribution >= 0.6 is 11.6 Å². The summed E-state index contributed by atoms with van der Waals surface area (Å²) in [5.74, 6) is 1.79. The number of rotatable bonds is 7. The van der Waals surface area contributed by atoms with Crippen LogP contribution in [0.5, 0.6) is 5.75 Å². The van der Waals surface area contributed by atoms with Crippen LogP contribution in [-0.4, -0.2) is 29.1 Å². The second-order valence-electron chi connectivity index (χ2n) is 6.17. The van der Waals surface area contributed by atoms with Crippen molar-refractivity contribution in [3.8, 4) is 5.75 Å². The van der Waals surface area contributed by atoms with Crippen molar-refractivity contribution in [2.24, 2.45) is 7.05 Å². The first-order chi connectivity index (χ1) is 12.6. The zero-order valence-electron chi connectivity index (χ0n) is 15.0. The van der Waals surface area contributed by atoms with E-state index in [1.807, 2.05) is 54.1 Å². The number of hydrogen-bond acceptors (Lipinski definition) is 3. The van der Waals surface area contributed by atoms with E-state index in [0.29, 0.717) is 30.8 Å². The summed E-state index contributed by atoms with van der Waals surface area (Å²) in [7, 11) is 3.62. The van der Waals surface area contributed by atoms with Gasteiger partial charge in [0.25, 0.3) is 0 Å². The number of hydrogen-bond donors (Lipinski definition) is 1. The summed E-state index contributed by atoms with van der Waals surface area (Å²) in [6, 6.07) is 13.5. The van der Waals surface area contributed by atoms with E-state index in [1.165, 1.54) is 0 Å². The number of ether oxygens (including phenoxy) is 1. The predicted molar refractivity (Wildman–Crippen MR) is 104 cm³/mol. The topological polar surface area (TPSA) is 56.1 Å². The predicted octanol–water partition coefficient (Wildman–Crippen LogP) is 3.53. The summed E-state index contributed by atoms with van der Waals surface area (Å²) in [5, 5.41) is 3.64. The standard InChI is InChI=1S/C20H22ClN3O2/c1-24-18-9-6-15(21)13-17(18)23-19(24)11-12-22-20(25)10-5-14-3-7-16(26-2)8-4-14/h3-4,6-9,13H,5,10-12H2,1-2H3,(H,22,25). The molecule has 0 aliphatic carbocycles. The van der Waals surface area contributed by atoms with Gasteiger partial charge in [-0.1, -0.05) is 23.7 Å². The molecule has 1 amide bonds. The first kappa shape index (κ1) is 18.3. The van der Waals surface area contributed by atoms with Gasteiger partial charge in [0.15, 0.2) is 0 Å². The quantitative estimate of drug-likeness (QED) is 0.691. The minimum atomic E-state index is 0.0441. The highest BCUT2D eigenvalue weighted by molar-refractivity contribution is 6.31. The molecule has 0 aliphatic rings. The van der Waals surface area contributed by atoms with Gasteiger partial charge in [0.05, 0.1) is 18.1 Å². The smallest absolute Gasteiger partial charge is 0.220 e. The molecule has 1 N–H and O–H groups in total. The molecule has 1 heterocycles. The molecule has 26 heavy (non-hydrogen) atoms. The summed E-state index contributed by atoms with van der Waals surface area (Å²) < 4.78 is 7.17. The second-order valence-corrected chi connectivity index (χ2v) is 6.60. The maximum Gasteiger partial charge on any atom is 0.220 e. The molecule has 0 saturated heterocycles. The van der Waals surface area contributed by atoms with Crippen molar-refractivity contribution < 1.29 is 9.53 Å². The number of methoxy groups -OCH3 is 1. The first-order valence-electron chi connectivity index (χ1n) is 8.57. The van der Waals surface area contributed by atoms with Crippen LogP contribution in [0.4, 0.5) is 0 Å². The number of aryl methyl sites for hydroxylation is 2. The Bertz CT molecular complexity index is 903. The Hall–Kier alpha value is -2.53. The third kappa shape index (κ3) is 4.35. The second kappa shape index (κ2) is 8.23. The fourth-order valence-electron chi connectivity index (χ4n) is 2.90. The fourth-order valence-corrected chi connectivity index (χ4v) is 3.06. The molecule has 0 saturated carbocycles. The van der Waals surface area contributed by atoms with Crippen LogP contribution in [0.2, 0.25) is 5.02 Å². The Kier molecular flexibility index (Phi) is 5.78. The van der Waals surface area contributed by atoms with Crippen LogP contribution in [0.25, 0.3) is 11.0 Å².